The number of benzene rings is 1. The van der Waals surface area contributed by atoms with E-state index in [2.05, 4.69) is 15.3 Å². The van der Waals surface area contributed by atoms with Crippen LogP contribution in [0.4, 0.5) is 5.82 Å². The van der Waals surface area contributed by atoms with Crippen LogP contribution in [0, 0.1) is 0 Å². The molecular weight excluding hydrogens is 350 g/mol. The van der Waals surface area contributed by atoms with E-state index in [4.69, 9.17) is 9.47 Å². The molecule has 0 radical (unpaired) electrons. The van der Waals surface area contributed by atoms with Crippen LogP contribution in [0.5, 0.6) is 11.8 Å². The van der Waals surface area contributed by atoms with Gasteiger partial charge in [-0.3, -0.25) is 0 Å². The van der Waals surface area contributed by atoms with E-state index in [9.17, 15) is 5.11 Å². The normalized spacial score (nSPS) is 11.7. The number of allylic oxidation sites excluding steroid dienone is 1. The van der Waals surface area contributed by atoms with Crippen LogP contribution in [-0.2, 0) is 6.42 Å². The summed E-state index contributed by atoms with van der Waals surface area (Å²) in [5.41, 5.74) is 2.86. The Morgan fingerprint density at radius 1 is 1.15 bits per heavy atom. The molecule has 7 heteroatoms. The number of aromatic nitrogens is 2. The van der Waals surface area contributed by atoms with Gasteiger partial charge in [-0.2, -0.15) is 9.97 Å². The third-order valence-electron chi connectivity index (χ3n) is 3.96. The summed E-state index contributed by atoms with van der Waals surface area (Å²) < 4.78 is 10.4. The van der Waals surface area contributed by atoms with E-state index in [0.717, 1.165) is 34.9 Å². The van der Waals surface area contributed by atoms with E-state index in [0.29, 0.717) is 11.8 Å². The predicted molar refractivity (Wildman–Crippen MR) is 107 cm³/mol. The maximum absolute atomic E-state index is 9.48. The van der Waals surface area contributed by atoms with Gasteiger partial charge in [-0.1, -0.05) is 12.1 Å². The van der Waals surface area contributed by atoms with Gasteiger partial charge in [0.2, 0.25) is 0 Å². The molecule has 1 aromatic heterocycles. The molecule has 0 aliphatic heterocycles. The fourth-order valence-electron chi connectivity index (χ4n) is 2.41. The Bertz CT molecular complexity index is 742. The molecule has 6 nitrogen and oxygen atoms in total. The molecule has 0 unspecified atom stereocenters. The van der Waals surface area contributed by atoms with Crippen LogP contribution in [-0.4, -0.2) is 48.7 Å². The van der Waals surface area contributed by atoms with Gasteiger partial charge in [-0.25, -0.2) is 0 Å². The second kappa shape index (κ2) is 10.0. The van der Waals surface area contributed by atoms with Crippen molar-refractivity contribution in [1.82, 2.24) is 9.97 Å². The Balaban J connectivity index is 2.10. The molecule has 0 saturated carbocycles. The molecule has 1 heterocycles. The highest BCUT2D eigenvalue weighted by Crippen LogP contribution is 2.26. The minimum atomic E-state index is -0.0143. The number of nitrogens with one attached hydrogen (secondary N) is 1. The SMILES string of the molecule is COc1ccc(CCNc2cc(/C(C)=C(\CO)SC)nc(OC)n2)cc1. The van der Waals surface area contributed by atoms with E-state index >= 15 is 0 Å². The maximum atomic E-state index is 9.48. The Kier molecular flexibility index (Phi) is 7.74. The number of methoxy groups -OCH3 is 2. The van der Waals surface area contributed by atoms with Crippen molar-refractivity contribution in [3.8, 4) is 11.8 Å². The molecule has 2 aromatic rings. The van der Waals surface area contributed by atoms with E-state index < -0.39 is 0 Å². The molecule has 140 valence electrons. The summed E-state index contributed by atoms with van der Waals surface area (Å²) >= 11 is 1.51. The molecule has 0 aliphatic carbocycles. The smallest absolute Gasteiger partial charge is 0.318 e. The van der Waals surface area contributed by atoms with E-state index in [1.807, 2.05) is 43.5 Å². The van der Waals surface area contributed by atoms with Gasteiger partial charge in [0.15, 0.2) is 0 Å². The van der Waals surface area contributed by atoms with Gasteiger partial charge in [-0.15, -0.1) is 11.8 Å². The van der Waals surface area contributed by atoms with Crippen LogP contribution in [0.25, 0.3) is 5.57 Å². The number of anilines is 1. The van der Waals surface area contributed by atoms with Gasteiger partial charge in [0.1, 0.15) is 11.6 Å². The predicted octanol–water partition coefficient (Wildman–Crippen LogP) is 3.23. The number of hydrogen-bond donors (Lipinski definition) is 2. The van der Waals surface area contributed by atoms with E-state index in [1.165, 1.54) is 17.3 Å². The monoisotopic (exact) mass is 375 g/mol. The van der Waals surface area contributed by atoms with Crippen molar-refractivity contribution in [2.75, 3.05) is 38.9 Å². The highest BCUT2D eigenvalue weighted by molar-refractivity contribution is 8.02. The fraction of sp³-hybridized carbons (Fsp3) is 0.368. The minimum absolute atomic E-state index is 0.0143. The van der Waals surface area contributed by atoms with Crippen LogP contribution >= 0.6 is 11.8 Å². The van der Waals surface area contributed by atoms with Crippen LogP contribution < -0.4 is 14.8 Å². The lowest BCUT2D eigenvalue weighted by Gasteiger charge is -2.12. The van der Waals surface area contributed by atoms with Gasteiger partial charge in [0.25, 0.3) is 0 Å². The summed E-state index contributed by atoms with van der Waals surface area (Å²) in [7, 11) is 3.20. The molecule has 26 heavy (non-hydrogen) atoms. The van der Waals surface area contributed by atoms with Gasteiger partial charge in [0, 0.05) is 17.5 Å². The quantitative estimate of drug-likeness (QED) is 0.697. The summed E-state index contributed by atoms with van der Waals surface area (Å²) in [6, 6.07) is 10.2. The average Bonchev–Trinajstić information content (AvgIpc) is 2.69. The largest absolute Gasteiger partial charge is 0.497 e. The number of aliphatic hydroxyl groups is 1. The minimum Gasteiger partial charge on any atom is -0.497 e. The molecule has 2 rings (SSSR count). The van der Waals surface area contributed by atoms with Crippen molar-refractivity contribution in [1.29, 1.82) is 0 Å². The highest BCUT2D eigenvalue weighted by atomic mass is 32.2. The summed E-state index contributed by atoms with van der Waals surface area (Å²) in [4.78, 5) is 9.60. The first-order valence-corrected chi connectivity index (χ1v) is 9.48. The van der Waals surface area contributed by atoms with Crippen LogP contribution in [0.15, 0.2) is 35.2 Å². The van der Waals surface area contributed by atoms with Crippen molar-refractivity contribution in [3.63, 3.8) is 0 Å². The van der Waals surface area contributed by atoms with E-state index in [-0.39, 0.29) is 6.61 Å². The van der Waals surface area contributed by atoms with Gasteiger partial charge >= 0.3 is 6.01 Å². The molecular formula is C19H25N3O3S. The molecule has 0 saturated heterocycles. The van der Waals surface area contributed by atoms with Crippen molar-refractivity contribution in [3.05, 3.63) is 46.5 Å². The first kappa shape index (κ1) is 20.1. The van der Waals surface area contributed by atoms with Crippen LogP contribution in [0.2, 0.25) is 0 Å². The summed E-state index contributed by atoms with van der Waals surface area (Å²) in [5, 5.41) is 12.8. The molecule has 0 atom stereocenters. The first-order chi connectivity index (χ1) is 12.6. The standard InChI is InChI=1S/C19H25N3O3S/c1-13(17(12-23)26-4)16-11-18(22-19(21-16)25-3)20-10-9-14-5-7-15(24-2)8-6-14/h5-8,11,23H,9-10,12H2,1-4H3,(H,20,21,22)/b17-13+. The molecule has 0 amide bonds. The fourth-order valence-corrected chi connectivity index (χ4v) is 2.95. The second-order valence-corrected chi connectivity index (χ2v) is 6.46. The summed E-state index contributed by atoms with van der Waals surface area (Å²) in [5.74, 6) is 1.54. The number of thioether (sulfide) groups is 1. The summed E-state index contributed by atoms with van der Waals surface area (Å²) in [6.45, 7) is 2.65. The third kappa shape index (κ3) is 5.37. The van der Waals surface area contributed by atoms with Gasteiger partial charge in [0.05, 0.1) is 26.5 Å². The number of rotatable bonds is 9. The third-order valence-corrected chi connectivity index (χ3v) is 4.89. The zero-order valence-corrected chi connectivity index (χ0v) is 16.4. The van der Waals surface area contributed by atoms with Crippen LogP contribution in [0.3, 0.4) is 0 Å². The highest BCUT2D eigenvalue weighted by Gasteiger charge is 2.10. The molecule has 2 N–H and O–H groups in total. The molecule has 0 spiro atoms. The Labute approximate surface area is 158 Å². The number of nitrogens with zero attached hydrogens (tertiary/aromatic N) is 2. The molecule has 0 aliphatic rings. The number of ether oxygens (including phenoxy) is 2. The van der Waals surface area contributed by atoms with Crippen molar-refractivity contribution >= 4 is 23.2 Å². The zero-order valence-electron chi connectivity index (χ0n) is 15.6. The van der Waals surface area contributed by atoms with Crippen molar-refractivity contribution < 1.29 is 14.6 Å². The lowest BCUT2D eigenvalue weighted by atomic mass is 10.1. The summed E-state index contributed by atoms with van der Waals surface area (Å²) in [6.07, 6.45) is 2.79. The number of aliphatic hydroxyl groups excluding tert-OH is 1. The zero-order chi connectivity index (χ0) is 18.9. The lowest BCUT2D eigenvalue weighted by Crippen LogP contribution is -2.08. The van der Waals surface area contributed by atoms with Crippen molar-refractivity contribution in [2.24, 2.45) is 0 Å². The Morgan fingerprint density at radius 2 is 1.88 bits per heavy atom. The Hall–Kier alpha value is -2.25. The van der Waals surface area contributed by atoms with Gasteiger partial charge < -0.3 is 19.9 Å². The van der Waals surface area contributed by atoms with Gasteiger partial charge in [-0.05, 0) is 42.9 Å². The molecule has 1 aromatic carbocycles. The molecule has 0 fully saturated rings. The van der Waals surface area contributed by atoms with E-state index in [1.54, 1.807) is 14.2 Å². The molecule has 0 bridgehead atoms. The lowest BCUT2D eigenvalue weighted by molar-refractivity contribution is 0.340. The van der Waals surface area contributed by atoms with Crippen LogP contribution in [0.1, 0.15) is 18.2 Å². The maximum Gasteiger partial charge on any atom is 0.318 e. The Morgan fingerprint density at radius 3 is 2.46 bits per heavy atom. The second-order valence-electron chi connectivity index (χ2n) is 5.56. The average molecular weight is 375 g/mol. The van der Waals surface area contributed by atoms with Crippen molar-refractivity contribution in [2.45, 2.75) is 13.3 Å². The topological polar surface area (TPSA) is 76.5 Å². The number of hydrogen-bond acceptors (Lipinski definition) is 7. The first-order valence-electron chi connectivity index (χ1n) is 8.26.